The van der Waals surface area contributed by atoms with Gasteiger partial charge in [-0.25, -0.2) is 0 Å². The zero-order valence-electron chi connectivity index (χ0n) is 12.4. The molecule has 2 aromatic carbocycles. The van der Waals surface area contributed by atoms with Gasteiger partial charge in [0.1, 0.15) is 5.75 Å². The van der Waals surface area contributed by atoms with Gasteiger partial charge in [0.2, 0.25) is 5.78 Å². The first-order chi connectivity index (χ1) is 11.6. The van der Waals surface area contributed by atoms with Crippen molar-refractivity contribution in [3.8, 4) is 11.4 Å². The van der Waals surface area contributed by atoms with Gasteiger partial charge in [-0.2, -0.15) is 0 Å². The molecule has 0 aliphatic heterocycles. The highest BCUT2D eigenvalue weighted by Crippen LogP contribution is 2.33. The van der Waals surface area contributed by atoms with Crippen LogP contribution in [0.1, 0.15) is 16.1 Å². The molecule has 0 aliphatic rings. The molecule has 0 fully saturated rings. The molecule has 0 bridgehead atoms. The lowest BCUT2D eigenvalue weighted by Crippen LogP contribution is -2.06. The van der Waals surface area contributed by atoms with Crippen LogP contribution in [-0.2, 0) is 0 Å². The summed E-state index contributed by atoms with van der Waals surface area (Å²) in [5.41, 5.74) is 1.84. The lowest BCUT2D eigenvalue weighted by atomic mass is 10.1. The van der Waals surface area contributed by atoms with Crippen molar-refractivity contribution >= 4 is 28.3 Å². The van der Waals surface area contributed by atoms with Crippen LogP contribution in [0.5, 0.6) is 5.75 Å². The monoisotopic (exact) mass is 337 g/mol. The van der Waals surface area contributed by atoms with Crippen molar-refractivity contribution in [1.82, 2.24) is 4.57 Å². The molecule has 0 radical (unpaired) electrons. The summed E-state index contributed by atoms with van der Waals surface area (Å²) < 4.78 is 6.98. The number of ketones is 1. The maximum absolute atomic E-state index is 12.7. The van der Waals surface area contributed by atoms with Gasteiger partial charge in [0.15, 0.2) is 5.76 Å². The summed E-state index contributed by atoms with van der Waals surface area (Å²) in [4.78, 5) is 12.7. The standard InChI is InChI=1S/C19H12ClNO3/c20-12-7-8-13-16(10-12)21(11-17(13)22)15-5-2-1-4-14(15)19(23)18-6-3-9-24-18/h1-11,22H. The van der Waals surface area contributed by atoms with Crippen LogP contribution in [0.4, 0.5) is 0 Å². The number of hydrogen-bond donors (Lipinski definition) is 1. The number of carbonyl (C=O) groups is 1. The van der Waals surface area contributed by atoms with Crippen LogP contribution in [0.2, 0.25) is 5.02 Å². The molecule has 4 aromatic rings. The molecule has 0 amide bonds. The molecule has 2 heterocycles. The van der Waals surface area contributed by atoms with Crippen LogP contribution in [0.15, 0.2) is 71.5 Å². The van der Waals surface area contributed by atoms with Gasteiger partial charge in [-0.15, -0.1) is 0 Å². The van der Waals surface area contributed by atoms with Crippen molar-refractivity contribution in [2.45, 2.75) is 0 Å². The molecule has 4 nitrogen and oxygen atoms in total. The Morgan fingerprint density at radius 3 is 2.71 bits per heavy atom. The van der Waals surface area contributed by atoms with Gasteiger partial charge in [-0.05, 0) is 42.5 Å². The number of carbonyl (C=O) groups excluding carboxylic acids is 1. The number of aromatic hydroxyl groups is 1. The summed E-state index contributed by atoms with van der Waals surface area (Å²) in [6.07, 6.45) is 3.04. The first-order valence-corrected chi connectivity index (χ1v) is 7.70. The topological polar surface area (TPSA) is 55.4 Å². The van der Waals surface area contributed by atoms with Gasteiger partial charge in [-0.1, -0.05) is 23.7 Å². The van der Waals surface area contributed by atoms with Crippen LogP contribution in [-0.4, -0.2) is 15.5 Å². The van der Waals surface area contributed by atoms with E-state index in [1.807, 2.05) is 12.1 Å². The molecule has 5 heteroatoms. The zero-order chi connectivity index (χ0) is 16.7. The number of hydrogen-bond acceptors (Lipinski definition) is 3. The van der Waals surface area contributed by atoms with Crippen molar-refractivity contribution in [3.63, 3.8) is 0 Å². The van der Waals surface area contributed by atoms with E-state index in [0.717, 1.165) is 5.52 Å². The summed E-state index contributed by atoms with van der Waals surface area (Å²) in [7, 11) is 0. The fourth-order valence-electron chi connectivity index (χ4n) is 2.80. The van der Waals surface area contributed by atoms with E-state index >= 15 is 0 Å². The van der Waals surface area contributed by atoms with Crippen LogP contribution in [0, 0.1) is 0 Å². The van der Waals surface area contributed by atoms with E-state index in [1.54, 1.807) is 53.2 Å². The van der Waals surface area contributed by atoms with E-state index in [4.69, 9.17) is 16.0 Å². The van der Waals surface area contributed by atoms with E-state index in [2.05, 4.69) is 0 Å². The smallest absolute Gasteiger partial charge is 0.230 e. The Kier molecular flexibility index (Phi) is 3.40. The summed E-state index contributed by atoms with van der Waals surface area (Å²) >= 11 is 6.09. The minimum absolute atomic E-state index is 0.127. The molecule has 0 saturated heterocycles. The molecule has 1 N–H and O–H groups in total. The molecule has 4 rings (SSSR count). The fourth-order valence-corrected chi connectivity index (χ4v) is 2.96. The van der Waals surface area contributed by atoms with E-state index in [-0.39, 0.29) is 17.3 Å². The number of aromatic nitrogens is 1. The van der Waals surface area contributed by atoms with E-state index < -0.39 is 0 Å². The van der Waals surface area contributed by atoms with Gasteiger partial charge < -0.3 is 14.1 Å². The quantitative estimate of drug-likeness (QED) is 0.546. The molecule has 0 saturated carbocycles. The van der Waals surface area contributed by atoms with Crippen molar-refractivity contribution in [1.29, 1.82) is 0 Å². The summed E-state index contributed by atoms with van der Waals surface area (Å²) in [5.74, 6) is 0.169. The largest absolute Gasteiger partial charge is 0.506 e. The second kappa shape index (κ2) is 5.58. The average Bonchev–Trinajstić information content (AvgIpc) is 3.23. The normalized spacial score (nSPS) is 11.0. The highest BCUT2D eigenvalue weighted by molar-refractivity contribution is 6.31. The van der Waals surface area contributed by atoms with Gasteiger partial charge in [-0.3, -0.25) is 4.79 Å². The summed E-state index contributed by atoms with van der Waals surface area (Å²) in [6, 6.07) is 15.7. The van der Waals surface area contributed by atoms with Gasteiger partial charge in [0, 0.05) is 16.0 Å². The fraction of sp³-hybridized carbons (Fsp3) is 0. The van der Waals surface area contributed by atoms with Crippen molar-refractivity contribution < 1.29 is 14.3 Å². The SMILES string of the molecule is O=C(c1ccco1)c1ccccc1-n1cc(O)c2ccc(Cl)cc21. The molecule has 0 unspecified atom stereocenters. The zero-order valence-corrected chi connectivity index (χ0v) is 13.2. The first kappa shape index (κ1) is 14.6. The minimum atomic E-state index is -0.223. The van der Waals surface area contributed by atoms with Crippen molar-refractivity contribution in [3.05, 3.63) is 83.4 Å². The Morgan fingerprint density at radius 1 is 1.08 bits per heavy atom. The Bertz CT molecular complexity index is 1050. The highest BCUT2D eigenvalue weighted by Gasteiger charge is 2.19. The Balaban J connectivity index is 1.96. The predicted molar refractivity (Wildman–Crippen MR) is 92.1 cm³/mol. The van der Waals surface area contributed by atoms with Crippen LogP contribution < -0.4 is 0 Å². The molecular formula is C19H12ClNO3. The number of halogens is 1. The third-order valence-corrected chi connectivity index (χ3v) is 4.13. The Hall–Kier alpha value is -2.98. The average molecular weight is 338 g/mol. The molecule has 0 atom stereocenters. The third kappa shape index (κ3) is 2.28. The number of furan rings is 1. The second-order valence-corrected chi connectivity index (χ2v) is 5.81. The lowest BCUT2D eigenvalue weighted by Gasteiger charge is -2.10. The molecule has 24 heavy (non-hydrogen) atoms. The van der Waals surface area contributed by atoms with E-state index in [0.29, 0.717) is 21.7 Å². The van der Waals surface area contributed by atoms with E-state index in [1.165, 1.54) is 6.26 Å². The molecule has 0 aliphatic carbocycles. The number of fused-ring (bicyclic) bond motifs is 1. The van der Waals surface area contributed by atoms with Gasteiger partial charge in [0.25, 0.3) is 0 Å². The Morgan fingerprint density at radius 2 is 1.92 bits per heavy atom. The summed E-state index contributed by atoms with van der Waals surface area (Å²) in [6.45, 7) is 0. The first-order valence-electron chi connectivity index (χ1n) is 7.32. The highest BCUT2D eigenvalue weighted by atomic mass is 35.5. The van der Waals surface area contributed by atoms with E-state index in [9.17, 15) is 9.90 Å². The lowest BCUT2D eigenvalue weighted by molar-refractivity contribution is 0.101. The summed E-state index contributed by atoms with van der Waals surface area (Å²) in [5, 5.41) is 11.4. The third-order valence-electron chi connectivity index (χ3n) is 3.90. The van der Waals surface area contributed by atoms with Gasteiger partial charge in [0.05, 0.1) is 23.7 Å². The number of nitrogens with zero attached hydrogens (tertiary/aromatic N) is 1. The van der Waals surface area contributed by atoms with Crippen LogP contribution in [0.25, 0.3) is 16.6 Å². The second-order valence-electron chi connectivity index (χ2n) is 5.37. The molecule has 0 spiro atoms. The van der Waals surface area contributed by atoms with Crippen molar-refractivity contribution in [2.24, 2.45) is 0 Å². The maximum atomic E-state index is 12.7. The molecule has 2 aromatic heterocycles. The minimum Gasteiger partial charge on any atom is -0.506 e. The maximum Gasteiger partial charge on any atom is 0.230 e. The van der Waals surface area contributed by atoms with Gasteiger partial charge >= 0.3 is 0 Å². The van der Waals surface area contributed by atoms with Crippen LogP contribution in [0.3, 0.4) is 0 Å². The molecule has 118 valence electrons. The van der Waals surface area contributed by atoms with Crippen LogP contribution >= 0.6 is 11.6 Å². The number of rotatable bonds is 3. The number of para-hydroxylation sites is 1. The van der Waals surface area contributed by atoms with Crippen molar-refractivity contribution in [2.75, 3.05) is 0 Å². The molecular weight excluding hydrogens is 326 g/mol. The predicted octanol–water partition coefficient (Wildman–Crippen LogP) is 4.81. The number of benzene rings is 2. The Labute approximate surface area is 142 Å².